The van der Waals surface area contributed by atoms with Crippen molar-refractivity contribution in [3.8, 4) is 5.75 Å². The first-order valence-electron chi connectivity index (χ1n) is 14.0. The Morgan fingerprint density at radius 1 is 0.973 bits per heavy atom. The van der Waals surface area contributed by atoms with Gasteiger partial charge in [-0.1, -0.05) is 35.9 Å². The molecule has 2 aromatic rings. The predicted octanol–water partition coefficient (Wildman–Crippen LogP) is 4.76. The molecule has 0 N–H and O–H groups in total. The van der Waals surface area contributed by atoms with Crippen LogP contribution in [0.5, 0.6) is 5.75 Å². The number of carbonyl (C=O) groups is 1. The largest absolute Gasteiger partial charge is 0.495 e. The van der Waals surface area contributed by atoms with E-state index in [2.05, 4.69) is 43.9 Å². The molecule has 0 spiro atoms. The van der Waals surface area contributed by atoms with Gasteiger partial charge in [-0.2, -0.15) is 0 Å². The fourth-order valence-corrected chi connectivity index (χ4v) is 6.73. The molecule has 0 bridgehead atoms. The first-order valence-corrected chi connectivity index (χ1v) is 14.3. The molecule has 7 heteroatoms. The van der Waals surface area contributed by atoms with Gasteiger partial charge in [-0.25, -0.2) is 0 Å². The van der Waals surface area contributed by atoms with Gasteiger partial charge in [-0.15, -0.1) is 0 Å². The van der Waals surface area contributed by atoms with Crippen LogP contribution in [0.25, 0.3) is 0 Å². The molecule has 3 heterocycles. The van der Waals surface area contributed by atoms with E-state index in [0.29, 0.717) is 24.3 Å². The van der Waals surface area contributed by atoms with Crippen molar-refractivity contribution in [3.05, 3.63) is 59.1 Å². The molecule has 0 radical (unpaired) electrons. The minimum atomic E-state index is 0.351. The number of rotatable bonds is 8. The second-order valence-electron chi connectivity index (χ2n) is 10.8. The van der Waals surface area contributed by atoms with Crippen molar-refractivity contribution in [1.29, 1.82) is 0 Å². The van der Waals surface area contributed by atoms with E-state index in [1.165, 1.54) is 11.3 Å². The van der Waals surface area contributed by atoms with Crippen LogP contribution in [0.4, 0.5) is 5.69 Å². The molecule has 1 amide bonds. The summed E-state index contributed by atoms with van der Waals surface area (Å²) in [6.07, 6.45) is 5.10. The monoisotopic (exact) mass is 524 g/mol. The third-order valence-corrected chi connectivity index (χ3v) is 8.71. The molecule has 200 valence electrons. The van der Waals surface area contributed by atoms with E-state index in [1.807, 2.05) is 24.3 Å². The van der Waals surface area contributed by atoms with Crippen LogP contribution in [0.1, 0.15) is 37.7 Å². The summed E-state index contributed by atoms with van der Waals surface area (Å²) >= 11 is 6.26. The first kappa shape index (κ1) is 26.3. The van der Waals surface area contributed by atoms with Crippen molar-refractivity contribution < 1.29 is 9.53 Å². The molecule has 0 aromatic heterocycles. The summed E-state index contributed by atoms with van der Waals surface area (Å²) in [4.78, 5) is 22.7. The maximum Gasteiger partial charge on any atom is 0.222 e. The third-order valence-electron chi connectivity index (χ3n) is 8.47. The van der Waals surface area contributed by atoms with E-state index in [1.54, 1.807) is 7.11 Å². The third kappa shape index (κ3) is 6.60. The lowest BCUT2D eigenvalue weighted by Crippen LogP contribution is -2.56. The number of likely N-dealkylation sites (tertiary alicyclic amines) is 2. The molecular formula is C30H41ClN4O2. The molecule has 3 saturated heterocycles. The zero-order valence-corrected chi connectivity index (χ0v) is 22.9. The number of amides is 1. The molecule has 37 heavy (non-hydrogen) atoms. The van der Waals surface area contributed by atoms with Gasteiger partial charge in [-0.05, 0) is 68.0 Å². The van der Waals surface area contributed by atoms with E-state index in [-0.39, 0.29) is 0 Å². The molecule has 0 aliphatic carbocycles. The van der Waals surface area contributed by atoms with Crippen molar-refractivity contribution in [2.45, 2.75) is 44.7 Å². The number of benzene rings is 2. The number of piperazine rings is 1. The Kier molecular flexibility index (Phi) is 8.90. The molecule has 0 saturated carbocycles. The molecule has 3 fully saturated rings. The number of halogens is 1. The molecule has 2 atom stereocenters. The van der Waals surface area contributed by atoms with Crippen LogP contribution in [-0.2, 0) is 11.3 Å². The van der Waals surface area contributed by atoms with Gasteiger partial charge < -0.3 is 14.5 Å². The van der Waals surface area contributed by atoms with Crippen LogP contribution < -0.4 is 9.64 Å². The van der Waals surface area contributed by atoms with Gasteiger partial charge in [0.2, 0.25) is 5.91 Å². The number of carbonyl (C=O) groups excluding carboxylic acids is 1. The maximum absolute atomic E-state index is 12.9. The fourth-order valence-electron chi connectivity index (χ4n) is 6.52. The SMILES string of the molecule is COc1ccccc1N1CCN([C@@H]2CCN(Cc3cccc(Cl)c3)C[C@@H]2CCC(=O)N2CCCC2)CC1. The summed E-state index contributed by atoms with van der Waals surface area (Å²) in [7, 11) is 1.75. The average molecular weight is 525 g/mol. The quantitative estimate of drug-likeness (QED) is 0.497. The first-order chi connectivity index (χ1) is 18.1. The van der Waals surface area contributed by atoms with E-state index in [0.717, 1.165) is 95.4 Å². The van der Waals surface area contributed by atoms with Gasteiger partial charge in [-0.3, -0.25) is 14.6 Å². The van der Waals surface area contributed by atoms with Gasteiger partial charge in [0.05, 0.1) is 12.8 Å². The lowest BCUT2D eigenvalue weighted by atomic mass is 9.86. The average Bonchev–Trinajstić information content (AvgIpc) is 3.47. The number of methoxy groups -OCH3 is 1. The predicted molar refractivity (Wildman–Crippen MR) is 150 cm³/mol. The minimum Gasteiger partial charge on any atom is -0.495 e. The standard InChI is InChI=1S/C30H41ClN4O2/c1-37-29-10-3-2-9-28(29)34-19-17-33(18-20-34)27-13-16-32(22-24-7-6-8-26(31)21-24)23-25(27)11-12-30(36)35-14-4-5-15-35/h2-3,6-10,21,25,27H,4-5,11-20,22-23H2,1H3/t25-,27+/m0/s1. The topological polar surface area (TPSA) is 39.3 Å². The number of hydrogen-bond donors (Lipinski definition) is 0. The second-order valence-corrected chi connectivity index (χ2v) is 11.2. The summed E-state index contributed by atoms with van der Waals surface area (Å²) in [6.45, 7) is 9.03. The highest BCUT2D eigenvalue weighted by molar-refractivity contribution is 6.30. The zero-order chi connectivity index (χ0) is 25.6. The number of anilines is 1. The molecule has 5 rings (SSSR count). The normalized spacial score (nSPS) is 23.4. The molecule has 0 unspecified atom stereocenters. The number of ether oxygens (including phenoxy) is 1. The van der Waals surface area contributed by atoms with Crippen molar-refractivity contribution in [3.63, 3.8) is 0 Å². The van der Waals surface area contributed by atoms with Gasteiger partial charge in [0.15, 0.2) is 0 Å². The maximum atomic E-state index is 12.9. The van der Waals surface area contributed by atoms with Crippen LogP contribution in [0.3, 0.4) is 0 Å². The summed E-state index contributed by atoms with van der Waals surface area (Å²) in [5.41, 5.74) is 2.46. The highest BCUT2D eigenvalue weighted by Gasteiger charge is 2.35. The molecular weight excluding hydrogens is 484 g/mol. The van der Waals surface area contributed by atoms with Gasteiger partial charge in [0, 0.05) is 69.8 Å². The molecule has 2 aromatic carbocycles. The lowest BCUT2D eigenvalue weighted by molar-refractivity contribution is -0.130. The number of piperidine rings is 1. The Balaban J connectivity index is 1.23. The Bertz CT molecular complexity index is 1040. The van der Waals surface area contributed by atoms with Crippen LogP contribution in [-0.4, -0.2) is 86.1 Å². The van der Waals surface area contributed by atoms with E-state index >= 15 is 0 Å². The van der Waals surface area contributed by atoms with Crippen LogP contribution >= 0.6 is 11.6 Å². The highest BCUT2D eigenvalue weighted by Crippen LogP contribution is 2.32. The summed E-state index contributed by atoms with van der Waals surface area (Å²) in [6, 6.07) is 17.1. The van der Waals surface area contributed by atoms with Crippen molar-refractivity contribution in [2.24, 2.45) is 5.92 Å². The molecule has 3 aliphatic heterocycles. The molecule has 3 aliphatic rings. The van der Waals surface area contributed by atoms with Crippen molar-refractivity contribution in [1.82, 2.24) is 14.7 Å². The summed E-state index contributed by atoms with van der Waals surface area (Å²) in [5.74, 6) is 1.80. The van der Waals surface area contributed by atoms with Gasteiger partial charge in [0.1, 0.15) is 5.75 Å². The summed E-state index contributed by atoms with van der Waals surface area (Å²) in [5, 5.41) is 0.799. The Morgan fingerprint density at radius 3 is 2.51 bits per heavy atom. The Morgan fingerprint density at radius 2 is 1.76 bits per heavy atom. The lowest BCUT2D eigenvalue weighted by Gasteiger charge is -2.47. The van der Waals surface area contributed by atoms with E-state index in [9.17, 15) is 4.79 Å². The van der Waals surface area contributed by atoms with Crippen LogP contribution in [0.15, 0.2) is 48.5 Å². The fraction of sp³-hybridized carbons (Fsp3) is 0.567. The smallest absolute Gasteiger partial charge is 0.222 e. The van der Waals surface area contributed by atoms with Gasteiger partial charge >= 0.3 is 0 Å². The number of hydrogen-bond acceptors (Lipinski definition) is 5. The van der Waals surface area contributed by atoms with Crippen molar-refractivity contribution in [2.75, 3.05) is 64.4 Å². The van der Waals surface area contributed by atoms with Gasteiger partial charge in [0.25, 0.3) is 0 Å². The van der Waals surface area contributed by atoms with Crippen LogP contribution in [0, 0.1) is 5.92 Å². The number of para-hydroxylation sites is 2. The van der Waals surface area contributed by atoms with E-state index in [4.69, 9.17) is 16.3 Å². The second kappa shape index (κ2) is 12.5. The summed E-state index contributed by atoms with van der Waals surface area (Å²) < 4.78 is 5.62. The van der Waals surface area contributed by atoms with Crippen LogP contribution in [0.2, 0.25) is 5.02 Å². The van der Waals surface area contributed by atoms with Crippen molar-refractivity contribution >= 4 is 23.2 Å². The Hall–Kier alpha value is -2.28. The molecule has 6 nitrogen and oxygen atoms in total. The highest BCUT2D eigenvalue weighted by atomic mass is 35.5. The number of nitrogens with zero attached hydrogens (tertiary/aromatic N) is 4. The Labute approximate surface area is 227 Å². The zero-order valence-electron chi connectivity index (χ0n) is 22.2. The minimum absolute atomic E-state index is 0.351. The van der Waals surface area contributed by atoms with E-state index < -0.39 is 0 Å².